The molecule has 4 heterocycles. The van der Waals surface area contributed by atoms with Gasteiger partial charge in [-0.25, -0.2) is 9.97 Å². The van der Waals surface area contributed by atoms with E-state index in [9.17, 15) is 0 Å². The zero-order valence-electron chi connectivity index (χ0n) is 27.1. The largest absolute Gasteiger partial charge is 0.309 e. The molecule has 5 aromatic carbocycles. The van der Waals surface area contributed by atoms with Crippen LogP contribution in [0, 0.1) is 0 Å². The van der Waals surface area contributed by atoms with Crippen molar-refractivity contribution in [3.05, 3.63) is 170 Å². The van der Waals surface area contributed by atoms with E-state index in [1.165, 1.54) is 36.6 Å². The van der Waals surface area contributed by atoms with Crippen molar-refractivity contribution in [2.24, 2.45) is 0 Å². The van der Waals surface area contributed by atoms with Gasteiger partial charge in [0.2, 0.25) is 0 Å². The number of benzene rings is 5. The number of hydrogen-bond acceptors (Lipinski definition) is 4. The van der Waals surface area contributed by atoms with Gasteiger partial charge in [0.25, 0.3) is 0 Å². The van der Waals surface area contributed by atoms with Crippen LogP contribution in [0.25, 0.3) is 81.4 Å². The molecule has 1 aliphatic rings. The van der Waals surface area contributed by atoms with Crippen LogP contribution in [0.1, 0.15) is 18.2 Å². The summed E-state index contributed by atoms with van der Waals surface area (Å²) >= 11 is 1.81. The number of para-hydroxylation sites is 2. The highest BCUT2D eigenvalue weighted by molar-refractivity contribution is 7.26. The van der Waals surface area contributed by atoms with Gasteiger partial charge in [-0.3, -0.25) is 4.98 Å². The molecule has 1 aliphatic carbocycles. The maximum atomic E-state index is 5.32. The molecule has 0 saturated heterocycles. The van der Waals surface area contributed by atoms with Crippen molar-refractivity contribution < 1.29 is 0 Å². The summed E-state index contributed by atoms with van der Waals surface area (Å²) in [5, 5.41) is 3.66. The molecular formula is C45H30N4S. The molecular weight excluding hydrogens is 629 g/mol. The maximum absolute atomic E-state index is 5.32. The number of allylic oxidation sites excluding steroid dienone is 4. The Morgan fingerprint density at radius 2 is 1.28 bits per heavy atom. The summed E-state index contributed by atoms with van der Waals surface area (Å²) in [6, 6.07) is 47.6. The minimum atomic E-state index is 0.112. The molecule has 1 unspecified atom stereocenters. The van der Waals surface area contributed by atoms with Crippen LogP contribution in [-0.4, -0.2) is 19.5 Å². The number of thiophene rings is 1. The molecule has 4 aromatic heterocycles. The van der Waals surface area contributed by atoms with Crippen molar-refractivity contribution in [2.45, 2.75) is 12.3 Å². The molecule has 0 radical (unpaired) electrons. The van der Waals surface area contributed by atoms with Crippen LogP contribution in [-0.2, 0) is 0 Å². The van der Waals surface area contributed by atoms with Gasteiger partial charge >= 0.3 is 0 Å². The van der Waals surface area contributed by atoms with E-state index in [1.807, 2.05) is 12.3 Å². The third-order valence-corrected chi connectivity index (χ3v) is 10.9. The zero-order chi connectivity index (χ0) is 33.0. The molecule has 50 heavy (non-hydrogen) atoms. The molecule has 9 aromatic rings. The zero-order valence-corrected chi connectivity index (χ0v) is 27.9. The van der Waals surface area contributed by atoms with Gasteiger partial charge in [-0.1, -0.05) is 109 Å². The molecule has 0 saturated carbocycles. The minimum Gasteiger partial charge on any atom is -0.309 e. The van der Waals surface area contributed by atoms with Crippen LogP contribution >= 0.6 is 11.3 Å². The number of hydrogen-bond donors (Lipinski definition) is 0. The van der Waals surface area contributed by atoms with Crippen LogP contribution in [0.2, 0.25) is 0 Å². The fraction of sp³-hybridized carbons (Fsp3) is 0.0444. The maximum Gasteiger partial charge on any atom is 0.136 e. The summed E-state index contributed by atoms with van der Waals surface area (Å²) < 4.78 is 4.82. The molecule has 0 amide bonds. The number of nitrogens with zero attached hydrogens (tertiary/aromatic N) is 4. The molecule has 0 aliphatic heterocycles. The first-order chi connectivity index (χ1) is 24.8. The number of pyridine rings is 1. The Labute approximate surface area is 293 Å². The van der Waals surface area contributed by atoms with E-state index in [1.54, 1.807) is 11.3 Å². The molecule has 0 bridgehead atoms. The average Bonchev–Trinajstić information content (AvgIpc) is 3.74. The second kappa shape index (κ2) is 11.8. The Hall–Kier alpha value is -6.17. The Morgan fingerprint density at radius 1 is 0.600 bits per heavy atom. The predicted octanol–water partition coefficient (Wildman–Crippen LogP) is 11.9. The molecule has 5 heteroatoms. The fourth-order valence-corrected chi connectivity index (χ4v) is 8.58. The first kappa shape index (κ1) is 28.8. The molecule has 1 atom stereocenters. The standard InChI is InChI=1S/C45H30N4S/c1-3-13-29(14-4-1)38-28-39(48-45(47-38)30-15-5-2-6-16-30)32-25-31(34-23-24-46-43-37-19-9-12-22-42(37)50-44(34)43)26-33(27-32)49-40-20-10-7-17-35(40)36-18-8-11-21-41(36)49/h1-15,17-28,30H,16H2. The first-order valence-electron chi connectivity index (χ1n) is 17.0. The molecule has 4 nitrogen and oxygen atoms in total. The van der Waals surface area contributed by atoms with E-state index in [2.05, 4.69) is 156 Å². The molecule has 0 fully saturated rings. The molecule has 236 valence electrons. The number of rotatable bonds is 5. The summed E-state index contributed by atoms with van der Waals surface area (Å²) in [6.45, 7) is 0. The number of fused-ring (bicyclic) bond motifs is 6. The Balaban J connectivity index is 1.27. The first-order valence-corrected chi connectivity index (χ1v) is 17.8. The Morgan fingerprint density at radius 3 is 2.04 bits per heavy atom. The normalized spacial score (nSPS) is 14.4. The van der Waals surface area contributed by atoms with Gasteiger partial charge in [0.1, 0.15) is 5.82 Å². The van der Waals surface area contributed by atoms with Gasteiger partial charge in [0.05, 0.1) is 32.6 Å². The summed E-state index contributed by atoms with van der Waals surface area (Å²) in [4.78, 5) is 15.3. The minimum absolute atomic E-state index is 0.112. The van der Waals surface area contributed by atoms with Gasteiger partial charge < -0.3 is 4.57 Å². The lowest BCUT2D eigenvalue weighted by atomic mass is 9.97. The van der Waals surface area contributed by atoms with Crippen LogP contribution < -0.4 is 0 Å². The van der Waals surface area contributed by atoms with Crippen molar-refractivity contribution in [1.29, 1.82) is 0 Å². The smallest absolute Gasteiger partial charge is 0.136 e. The monoisotopic (exact) mass is 658 g/mol. The highest BCUT2D eigenvalue weighted by Gasteiger charge is 2.20. The van der Waals surface area contributed by atoms with E-state index in [-0.39, 0.29) is 5.92 Å². The third kappa shape index (κ3) is 4.78. The van der Waals surface area contributed by atoms with Crippen LogP contribution in [0.5, 0.6) is 0 Å². The van der Waals surface area contributed by atoms with E-state index in [0.29, 0.717) is 0 Å². The lowest BCUT2D eigenvalue weighted by Crippen LogP contribution is -2.06. The number of aromatic nitrogens is 4. The lowest BCUT2D eigenvalue weighted by molar-refractivity contribution is 0.775. The molecule has 10 rings (SSSR count). The van der Waals surface area contributed by atoms with Crippen molar-refractivity contribution in [3.63, 3.8) is 0 Å². The van der Waals surface area contributed by atoms with E-state index in [0.717, 1.165) is 57.1 Å². The fourth-order valence-electron chi connectivity index (χ4n) is 7.38. The van der Waals surface area contributed by atoms with E-state index >= 15 is 0 Å². The summed E-state index contributed by atoms with van der Waals surface area (Å²) in [6.07, 6.45) is 11.4. The topological polar surface area (TPSA) is 43.6 Å². The van der Waals surface area contributed by atoms with Crippen LogP contribution in [0.3, 0.4) is 0 Å². The van der Waals surface area contributed by atoms with Crippen LogP contribution in [0.15, 0.2) is 164 Å². The Bertz CT molecular complexity index is 2750. The SMILES string of the molecule is C1=CCC(c2nc(-c3ccccc3)cc(-c3cc(-c4ccnc5c4sc4ccccc45)cc(-n4c5ccccc5c5ccccc54)c3)n2)C=C1. The molecule has 0 N–H and O–H groups in total. The summed E-state index contributed by atoms with van der Waals surface area (Å²) in [7, 11) is 0. The van der Waals surface area contributed by atoms with Crippen molar-refractivity contribution in [1.82, 2.24) is 19.5 Å². The molecule has 0 spiro atoms. The van der Waals surface area contributed by atoms with E-state index < -0.39 is 0 Å². The van der Waals surface area contributed by atoms with Gasteiger partial charge in [-0.15, -0.1) is 11.3 Å². The van der Waals surface area contributed by atoms with Gasteiger partial charge in [-0.05, 0) is 60.5 Å². The van der Waals surface area contributed by atoms with Crippen LogP contribution in [0.4, 0.5) is 0 Å². The van der Waals surface area contributed by atoms with Crippen molar-refractivity contribution in [2.75, 3.05) is 0 Å². The second-order valence-corrected chi connectivity index (χ2v) is 13.8. The third-order valence-electron chi connectivity index (χ3n) is 9.75. The summed E-state index contributed by atoms with van der Waals surface area (Å²) in [5.41, 5.74) is 10.7. The average molecular weight is 659 g/mol. The highest BCUT2D eigenvalue weighted by atomic mass is 32.1. The van der Waals surface area contributed by atoms with Crippen molar-refractivity contribution in [3.8, 4) is 39.3 Å². The summed E-state index contributed by atoms with van der Waals surface area (Å²) in [5.74, 6) is 0.947. The Kier molecular flexibility index (Phi) is 6.78. The lowest BCUT2D eigenvalue weighted by Gasteiger charge is -2.17. The van der Waals surface area contributed by atoms with Gasteiger partial charge in [-0.2, -0.15) is 0 Å². The van der Waals surface area contributed by atoms with E-state index in [4.69, 9.17) is 15.0 Å². The quantitative estimate of drug-likeness (QED) is 0.185. The van der Waals surface area contributed by atoms with Gasteiger partial charge in [0.15, 0.2) is 0 Å². The second-order valence-electron chi connectivity index (χ2n) is 12.8. The highest BCUT2D eigenvalue weighted by Crippen LogP contribution is 2.42. The predicted molar refractivity (Wildman–Crippen MR) is 209 cm³/mol. The van der Waals surface area contributed by atoms with Crippen molar-refractivity contribution >= 4 is 53.4 Å². The van der Waals surface area contributed by atoms with Gasteiger partial charge in [0, 0.05) is 55.4 Å².